The third-order valence-electron chi connectivity index (χ3n) is 5.67. The fourth-order valence-corrected chi connectivity index (χ4v) is 5.19. The molecule has 3 rings (SSSR count). The molecule has 140 valence electrons. The van der Waals surface area contributed by atoms with Crippen LogP contribution in [-0.4, -0.2) is 39.6 Å². The predicted molar refractivity (Wildman–Crippen MR) is 109 cm³/mol. The molecule has 5 nitrogen and oxygen atoms in total. The summed E-state index contributed by atoms with van der Waals surface area (Å²) in [6.45, 7) is 7.03. The van der Waals surface area contributed by atoms with Crippen LogP contribution in [0.1, 0.15) is 56.0 Å². The molecule has 1 aromatic carbocycles. The van der Waals surface area contributed by atoms with Crippen LogP contribution in [-0.2, 0) is 10.2 Å². The van der Waals surface area contributed by atoms with Crippen LogP contribution in [0.4, 0.5) is 4.79 Å². The minimum absolute atomic E-state index is 0.0627. The number of carbonyl (C=O) groups excluding carboxylic acids is 3. The molecule has 1 aliphatic heterocycles. The van der Waals surface area contributed by atoms with Gasteiger partial charge in [-0.15, -0.1) is 0 Å². The second kappa shape index (κ2) is 6.94. The largest absolute Gasteiger partial charge is 0.327 e. The van der Waals surface area contributed by atoms with E-state index in [4.69, 9.17) is 0 Å². The number of halogens is 1. The first-order chi connectivity index (χ1) is 12.1. The summed E-state index contributed by atoms with van der Waals surface area (Å²) in [5.74, 6) is 0.210. The van der Waals surface area contributed by atoms with Gasteiger partial charge in [0.25, 0.3) is 0 Å². The van der Waals surface area contributed by atoms with Crippen molar-refractivity contribution >= 4 is 38.2 Å². The first-order valence-electron chi connectivity index (χ1n) is 9.02. The standard InChI is InChI=1S/C20H25IN2O3/c1-19(2,3)16(17(21)25)22-18(26)23-10-8-20(9-11-23)12-15(24)13-6-4-5-7-14(13)20/h4-7,16H,8-12H2,1-3H3,(H,22,26). The quantitative estimate of drug-likeness (QED) is 0.532. The second-order valence-electron chi connectivity index (χ2n) is 8.47. The van der Waals surface area contributed by atoms with E-state index in [1.54, 1.807) is 27.5 Å². The minimum Gasteiger partial charge on any atom is -0.327 e. The molecule has 1 spiro atoms. The second-order valence-corrected chi connectivity index (χ2v) is 9.53. The Morgan fingerprint density at radius 1 is 1.19 bits per heavy atom. The molecule has 1 aromatic rings. The summed E-state index contributed by atoms with van der Waals surface area (Å²) in [5, 5.41) is 2.90. The number of urea groups is 1. The highest BCUT2D eigenvalue weighted by Gasteiger charge is 2.45. The molecule has 1 atom stereocenters. The highest BCUT2D eigenvalue weighted by molar-refractivity contribution is 14.1. The molecule has 1 unspecified atom stereocenters. The van der Waals surface area contributed by atoms with Gasteiger partial charge >= 0.3 is 6.03 Å². The molecule has 2 amide bonds. The van der Waals surface area contributed by atoms with Crippen molar-refractivity contribution in [2.45, 2.75) is 51.5 Å². The maximum atomic E-state index is 12.7. The van der Waals surface area contributed by atoms with E-state index in [1.807, 2.05) is 39.0 Å². The van der Waals surface area contributed by atoms with E-state index in [0.717, 1.165) is 24.0 Å². The number of rotatable bonds is 2. The van der Waals surface area contributed by atoms with Crippen LogP contribution in [0, 0.1) is 5.41 Å². The summed E-state index contributed by atoms with van der Waals surface area (Å²) in [4.78, 5) is 38.7. The predicted octanol–water partition coefficient (Wildman–Crippen LogP) is 3.69. The van der Waals surface area contributed by atoms with Gasteiger partial charge in [-0.05, 0) is 23.8 Å². The molecule has 26 heavy (non-hydrogen) atoms. The maximum Gasteiger partial charge on any atom is 0.318 e. The van der Waals surface area contributed by atoms with Crippen LogP contribution in [0.5, 0.6) is 0 Å². The summed E-state index contributed by atoms with van der Waals surface area (Å²) in [7, 11) is 0. The van der Waals surface area contributed by atoms with E-state index in [0.29, 0.717) is 19.5 Å². The summed E-state index contributed by atoms with van der Waals surface area (Å²) < 4.78 is -0.0627. The van der Waals surface area contributed by atoms with Crippen LogP contribution in [0.3, 0.4) is 0 Å². The van der Waals surface area contributed by atoms with Gasteiger partial charge in [-0.25, -0.2) is 4.79 Å². The fraction of sp³-hybridized carbons (Fsp3) is 0.550. The Bertz CT molecular complexity index is 746. The van der Waals surface area contributed by atoms with Crippen molar-refractivity contribution in [1.29, 1.82) is 0 Å². The third kappa shape index (κ3) is 3.52. The number of Topliss-reactive ketones (excluding diaryl/α,β-unsaturated/α-hetero) is 1. The van der Waals surface area contributed by atoms with Crippen molar-refractivity contribution in [3.8, 4) is 0 Å². The monoisotopic (exact) mass is 468 g/mol. The van der Waals surface area contributed by atoms with Crippen LogP contribution < -0.4 is 5.32 Å². The SMILES string of the molecule is CC(C)(C)C(NC(=O)N1CCC2(CC1)CC(=O)c1ccccc12)C(=O)I. The molecular formula is C20H25IN2O3. The number of hydrogen-bond donors (Lipinski definition) is 1. The molecule has 0 saturated carbocycles. The highest BCUT2D eigenvalue weighted by Crippen LogP contribution is 2.46. The number of hydrogen-bond acceptors (Lipinski definition) is 3. The summed E-state index contributed by atoms with van der Waals surface area (Å²) in [5.41, 5.74) is 1.52. The number of fused-ring (bicyclic) bond motifs is 2. The molecule has 1 N–H and O–H groups in total. The van der Waals surface area contributed by atoms with Crippen molar-refractivity contribution < 1.29 is 14.4 Å². The van der Waals surface area contributed by atoms with Gasteiger partial charge in [0.1, 0.15) is 6.04 Å². The lowest BCUT2D eigenvalue weighted by atomic mass is 9.74. The van der Waals surface area contributed by atoms with Crippen LogP contribution in [0.15, 0.2) is 24.3 Å². The Labute approximate surface area is 168 Å². The maximum absolute atomic E-state index is 12.7. The number of piperidine rings is 1. The fourth-order valence-electron chi connectivity index (χ4n) is 4.10. The van der Waals surface area contributed by atoms with Crippen molar-refractivity contribution in [3.05, 3.63) is 35.4 Å². The average Bonchev–Trinajstić information content (AvgIpc) is 2.84. The van der Waals surface area contributed by atoms with Crippen molar-refractivity contribution in [1.82, 2.24) is 10.2 Å². The first-order valence-corrected chi connectivity index (χ1v) is 10.1. The van der Waals surface area contributed by atoms with E-state index in [2.05, 4.69) is 11.4 Å². The number of carbonyl (C=O) groups is 3. The average molecular weight is 468 g/mol. The molecule has 6 heteroatoms. The van der Waals surface area contributed by atoms with E-state index in [9.17, 15) is 14.4 Å². The highest BCUT2D eigenvalue weighted by atomic mass is 127. The van der Waals surface area contributed by atoms with Gasteiger partial charge in [0, 0.05) is 53.1 Å². The van der Waals surface area contributed by atoms with Gasteiger partial charge in [0.05, 0.1) is 0 Å². The Hall–Kier alpha value is -1.44. The van der Waals surface area contributed by atoms with Crippen molar-refractivity contribution in [2.75, 3.05) is 13.1 Å². The molecule has 0 aromatic heterocycles. The van der Waals surface area contributed by atoms with E-state index >= 15 is 0 Å². The van der Waals surface area contributed by atoms with Gasteiger partial charge in [-0.1, -0.05) is 45.0 Å². The summed E-state index contributed by atoms with van der Waals surface area (Å²) >= 11 is 1.75. The van der Waals surface area contributed by atoms with E-state index in [-0.39, 0.29) is 26.4 Å². The van der Waals surface area contributed by atoms with E-state index < -0.39 is 6.04 Å². The lowest BCUT2D eigenvalue weighted by Gasteiger charge is -2.40. The third-order valence-corrected chi connectivity index (χ3v) is 6.29. The molecule has 0 bridgehead atoms. The zero-order valence-electron chi connectivity index (χ0n) is 15.5. The number of nitrogens with zero attached hydrogens (tertiary/aromatic N) is 1. The number of ketones is 1. The Kier molecular flexibility index (Phi) is 5.16. The lowest BCUT2D eigenvalue weighted by Crippen LogP contribution is -2.54. The van der Waals surface area contributed by atoms with Crippen LogP contribution >= 0.6 is 22.6 Å². The zero-order chi connectivity index (χ0) is 19.1. The first kappa shape index (κ1) is 19.3. The van der Waals surface area contributed by atoms with Gasteiger partial charge in [0.15, 0.2) is 5.78 Å². The summed E-state index contributed by atoms with van der Waals surface area (Å²) in [6.07, 6.45) is 2.10. The van der Waals surface area contributed by atoms with Gasteiger partial charge in [0.2, 0.25) is 3.79 Å². The molecular weight excluding hydrogens is 443 g/mol. The Morgan fingerprint density at radius 3 is 2.38 bits per heavy atom. The Morgan fingerprint density at radius 2 is 1.81 bits per heavy atom. The van der Waals surface area contributed by atoms with Gasteiger partial charge < -0.3 is 10.2 Å². The van der Waals surface area contributed by atoms with Crippen molar-refractivity contribution in [3.63, 3.8) is 0 Å². The number of likely N-dealkylation sites (tertiary alicyclic amines) is 1. The van der Waals surface area contributed by atoms with Crippen LogP contribution in [0.25, 0.3) is 0 Å². The summed E-state index contributed by atoms with van der Waals surface area (Å²) in [6, 6.07) is 7.15. The topological polar surface area (TPSA) is 66.5 Å². The molecule has 1 heterocycles. The normalized spacial score (nSPS) is 20.0. The molecule has 2 aliphatic rings. The zero-order valence-corrected chi connectivity index (χ0v) is 17.6. The van der Waals surface area contributed by atoms with Gasteiger partial charge in [-0.3, -0.25) is 9.59 Å². The minimum atomic E-state index is -0.514. The number of nitrogens with one attached hydrogen (secondary N) is 1. The van der Waals surface area contributed by atoms with Crippen LogP contribution in [0.2, 0.25) is 0 Å². The van der Waals surface area contributed by atoms with Gasteiger partial charge in [-0.2, -0.15) is 0 Å². The molecule has 1 saturated heterocycles. The lowest BCUT2D eigenvalue weighted by molar-refractivity contribution is -0.113. The number of amides is 2. The molecule has 1 aliphatic carbocycles. The van der Waals surface area contributed by atoms with E-state index in [1.165, 1.54) is 0 Å². The smallest absolute Gasteiger partial charge is 0.318 e. The molecule has 1 fully saturated rings. The Balaban J connectivity index is 1.69. The number of benzene rings is 1. The molecule has 0 radical (unpaired) electrons. The van der Waals surface area contributed by atoms with Crippen molar-refractivity contribution in [2.24, 2.45) is 5.41 Å².